The van der Waals surface area contributed by atoms with Crippen molar-refractivity contribution in [2.75, 3.05) is 5.32 Å². The van der Waals surface area contributed by atoms with Crippen LogP contribution in [0, 0.1) is 0 Å². The Morgan fingerprint density at radius 1 is 1.39 bits per heavy atom. The van der Waals surface area contributed by atoms with Gasteiger partial charge in [0.05, 0.1) is 0 Å². The van der Waals surface area contributed by atoms with E-state index in [1.165, 1.54) is 17.3 Å². The minimum Gasteiger partial charge on any atom is -0.389 e. The molecule has 0 unspecified atom stereocenters. The Morgan fingerprint density at radius 2 is 2.11 bits per heavy atom. The van der Waals surface area contributed by atoms with Crippen LogP contribution in [0.5, 0.6) is 0 Å². The van der Waals surface area contributed by atoms with Crippen LogP contribution in [0.4, 0.5) is 5.69 Å². The molecule has 18 heavy (non-hydrogen) atoms. The maximum atomic E-state index is 11.6. The SMILES string of the molecule is NC(=S)c1ccc(NC(=O)Cn2cncn2)cc1. The first kappa shape index (κ1) is 12.2. The number of aromatic nitrogens is 3. The van der Waals surface area contributed by atoms with E-state index in [0.29, 0.717) is 10.7 Å². The lowest BCUT2D eigenvalue weighted by atomic mass is 10.2. The second-order valence-electron chi connectivity index (χ2n) is 3.58. The quantitative estimate of drug-likeness (QED) is 0.785. The molecule has 0 spiro atoms. The molecule has 7 heteroatoms. The van der Waals surface area contributed by atoms with Crippen LogP contribution < -0.4 is 11.1 Å². The predicted octanol–water partition coefficient (Wildman–Crippen LogP) is 0.551. The molecule has 6 nitrogen and oxygen atoms in total. The topological polar surface area (TPSA) is 85.8 Å². The highest BCUT2D eigenvalue weighted by Crippen LogP contribution is 2.09. The number of nitrogens with one attached hydrogen (secondary N) is 1. The van der Waals surface area contributed by atoms with Crippen molar-refractivity contribution in [1.82, 2.24) is 14.8 Å². The van der Waals surface area contributed by atoms with Crippen molar-refractivity contribution in [3.8, 4) is 0 Å². The van der Waals surface area contributed by atoms with Gasteiger partial charge in [-0.25, -0.2) is 9.67 Å². The van der Waals surface area contributed by atoms with Gasteiger partial charge in [0.1, 0.15) is 24.2 Å². The summed E-state index contributed by atoms with van der Waals surface area (Å²) in [7, 11) is 0. The lowest BCUT2D eigenvalue weighted by Crippen LogP contribution is -2.19. The van der Waals surface area contributed by atoms with Gasteiger partial charge in [-0.05, 0) is 24.3 Å². The monoisotopic (exact) mass is 261 g/mol. The molecule has 1 aromatic carbocycles. The van der Waals surface area contributed by atoms with Gasteiger partial charge in [-0.15, -0.1) is 0 Å². The van der Waals surface area contributed by atoms with Gasteiger partial charge >= 0.3 is 0 Å². The number of amides is 1. The van der Waals surface area contributed by atoms with Gasteiger partial charge < -0.3 is 11.1 Å². The van der Waals surface area contributed by atoms with Crippen LogP contribution in [0.3, 0.4) is 0 Å². The van der Waals surface area contributed by atoms with Crippen molar-refractivity contribution >= 4 is 28.8 Å². The first-order valence-corrected chi connectivity index (χ1v) is 5.58. The third kappa shape index (κ3) is 3.11. The van der Waals surface area contributed by atoms with E-state index in [0.717, 1.165) is 5.56 Å². The molecule has 0 bridgehead atoms. The fourth-order valence-corrected chi connectivity index (χ4v) is 1.52. The molecule has 0 aliphatic carbocycles. The van der Waals surface area contributed by atoms with E-state index < -0.39 is 0 Å². The highest BCUT2D eigenvalue weighted by atomic mass is 32.1. The van der Waals surface area contributed by atoms with Crippen molar-refractivity contribution < 1.29 is 4.79 Å². The van der Waals surface area contributed by atoms with Crippen molar-refractivity contribution in [3.63, 3.8) is 0 Å². The van der Waals surface area contributed by atoms with E-state index in [1.807, 2.05) is 0 Å². The Morgan fingerprint density at radius 3 is 2.67 bits per heavy atom. The predicted molar refractivity (Wildman–Crippen MR) is 71.0 cm³/mol. The summed E-state index contributed by atoms with van der Waals surface area (Å²) in [6, 6.07) is 7.00. The second-order valence-corrected chi connectivity index (χ2v) is 4.02. The Labute approximate surface area is 109 Å². The molecular formula is C11H11N5OS. The molecule has 0 atom stereocenters. The number of carbonyl (C=O) groups is 1. The van der Waals surface area contributed by atoms with Crippen molar-refractivity contribution in [1.29, 1.82) is 0 Å². The van der Waals surface area contributed by atoms with Gasteiger partial charge in [-0.1, -0.05) is 12.2 Å². The maximum absolute atomic E-state index is 11.6. The standard InChI is InChI=1S/C11H11N5OS/c12-11(18)8-1-3-9(4-2-8)15-10(17)5-16-7-13-6-14-16/h1-4,6-7H,5H2,(H2,12,18)(H,15,17). The molecule has 0 radical (unpaired) electrons. The van der Waals surface area contributed by atoms with Crippen molar-refractivity contribution in [3.05, 3.63) is 42.5 Å². The molecule has 0 aliphatic rings. The minimum atomic E-state index is -0.177. The summed E-state index contributed by atoms with van der Waals surface area (Å²) in [6.07, 6.45) is 2.86. The zero-order chi connectivity index (χ0) is 13.0. The van der Waals surface area contributed by atoms with Gasteiger partial charge in [0.15, 0.2) is 0 Å². The van der Waals surface area contributed by atoms with E-state index in [2.05, 4.69) is 15.4 Å². The lowest BCUT2D eigenvalue weighted by Gasteiger charge is -2.05. The first-order valence-electron chi connectivity index (χ1n) is 5.17. The van der Waals surface area contributed by atoms with E-state index in [-0.39, 0.29) is 12.5 Å². The van der Waals surface area contributed by atoms with Crippen LogP contribution in [-0.4, -0.2) is 25.7 Å². The third-order valence-corrected chi connectivity index (χ3v) is 2.46. The summed E-state index contributed by atoms with van der Waals surface area (Å²) in [6.45, 7) is 0.122. The Hall–Kier alpha value is -2.28. The van der Waals surface area contributed by atoms with Crippen molar-refractivity contribution in [2.24, 2.45) is 5.73 Å². The first-order chi connectivity index (χ1) is 8.65. The molecular weight excluding hydrogens is 250 g/mol. The third-order valence-electron chi connectivity index (χ3n) is 2.23. The van der Waals surface area contributed by atoms with Crippen LogP contribution in [-0.2, 0) is 11.3 Å². The fraction of sp³-hybridized carbons (Fsp3) is 0.0909. The van der Waals surface area contributed by atoms with E-state index in [4.69, 9.17) is 18.0 Å². The Bertz CT molecular complexity index is 549. The smallest absolute Gasteiger partial charge is 0.246 e. The summed E-state index contributed by atoms with van der Waals surface area (Å²) in [4.78, 5) is 15.7. The molecule has 0 saturated heterocycles. The normalized spacial score (nSPS) is 10.0. The van der Waals surface area contributed by atoms with Gasteiger partial charge in [0, 0.05) is 11.3 Å². The van der Waals surface area contributed by atoms with Crippen LogP contribution in [0.1, 0.15) is 5.56 Å². The average Bonchev–Trinajstić information content (AvgIpc) is 2.82. The number of rotatable bonds is 4. The number of nitrogens with two attached hydrogens (primary N) is 1. The van der Waals surface area contributed by atoms with E-state index >= 15 is 0 Å². The highest BCUT2D eigenvalue weighted by Gasteiger charge is 2.04. The fourth-order valence-electron chi connectivity index (χ4n) is 1.38. The number of carbonyl (C=O) groups excluding carboxylic acids is 1. The van der Waals surface area contributed by atoms with E-state index in [1.54, 1.807) is 24.3 Å². The zero-order valence-electron chi connectivity index (χ0n) is 9.41. The molecule has 92 valence electrons. The minimum absolute atomic E-state index is 0.122. The summed E-state index contributed by atoms with van der Waals surface area (Å²) >= 11 is 4.84. The number of benzene rings is 1. The largest absolute Gasteiger partial charge is 0.389 e. The summed E-state index contributed by atoms with van der Waals surface area (Å²) in [5.41, 5.74) is 6.92. The number of anilines is 1. The zero-order valence-corrected chi connectivity index (χ0v) is 10.2. The maximum Gasteiger partial charge on any atom is 0.246 e. The van der Waals surface area contributed by atoms with E-state index in [9.17, 15) is 4.79 Å². The Balaban J connectivity index is 1.97. The second kappa shape index (κ2) is 5.37. The van der Waals surface area contributed by atoms with Crippen LogP contribution >= 0.6 is 12.2 Å². The molecule has 0 saturated carbocycles. The van der Waals surface area contributed by atoms with Crippen molar-refractivity contribution in [2.45, 2.75) is 6.54 Å². The van der Waals surface area contributed by atoms with Gasteiger partial charge in [-0.2, -0.15) is 5.10 Å². The average molecular weight is 261 g/mol. The molecule has 0 fully saturated rings. The molecule has 2 rings (SSSR count). The summed E-state index contributed by atoms with van der Waals surface area (Å²) in [5, 5.41) is 6.58. The number of nitrogens with zero attached hydrogens (tertiary/aromatic N) is 3. The number of hydrogen-bond acceptors (Lipinski definition) is 4. The van der Waals surface area contributed by atoms with Crippen LogP contribution in [0.15, 0.2) is 36.9 Å². The molecule has 1 aromatic heterocycles. The molecule has 1 heterocycles. The van der Waals surface area contributed by atoms with Gasteiger partial charge in [0.2, 0.25) is 5.91 Å². The molecule has 0 aliphatic heterocycles. The highest BCUT2D eigenvalue weighted by molar-refractivity contribution is 7.80. The molecule has 1 amide bonds. The van der Waals surface area contributed by atoms with Gasteiger partial charge in [0.25, 0.3) is 0 Å². The lowest BCUT2D eigenvalue weighted by molar-refractivity contribution is -0.116. The summed E-state index contributed by atoms with van der Waals surface area (Å²) in [5.74, 6) is -0.177. The molecule has 3 N–H and O–H groups in total. The summed E-state index contributed by atoms with van der Waals surface area (Å²) < 4.78 is 1.44. The van der Waals surface area contributed by atoms with Crippen LogP contribution in [0.25, 0.3) is 0 Å². The Kier molecular flexibility index (Phi) is 3.63. The molecule has 2 aromatic rings. The number of hydrogen-bond donors (Lipinski definition) is 2. The number of thiocarbonyl (C=S) groups is 1. The van der Waals surface area contributed by atoms with Crippen LogP contribution in [0.2, 0.25) is 0 Å². The van der Waals surface area contributed by atoms with Gasteiger partial charge in [-0.3, -0.25) is 4.79 Å².